The highest BCUT2D eigenvalue weighted by molar-refractivity contribution is 5.79. The lowest BCUT2D eigenvalue weighted by molar-refractivity contribution is -0.125. The van der Waals surface area contributed by atoms with E-state index in [1.807, 2.05) is 24.3 Å². The summed E-state index contributed by atoms with van der Waals surface area (Å²) in [6, 6.07) is 7.65. The molecule has 1 aromatic rings. The van der Waals surface area contributed by atoms with E-state index in [4.69, 9.17) is 5.73 Å². The number of hydrogen-bond donors (Lipinski definition) is 2. The predicted octanol–water partition coefficient (Wildman–Crippen LogP) is 1.93. The van der Waals surface area contributed by atoms with Gasteiger partial charge in [0, 0.05) is 18.2 Å². The monoisotopic (exact) mass is 230 g/mol. The summed E-state index contributed by atoms with van der Waals surface area (Å²) in [7, 11) is 0. The Morgan fingerprint density at radius 3 is 2.47 bits per heavy atom. The molecule has 0 spiro atoms. The van der Waals surface area contributed by atoms with Crippen LogP contribution < -0.4 is 11.1 Å². The van der Waals surface area contributed by atoms with Gasteiger partial charge in [0.25, 0.3) is 0 Å². The lowest BCUT2D eigenvalue weighted by Crippen LogP contribution is -2.29. The predicted molar refractivity (Wildman–Crippen MR) is 67.0 cm³/mol. The molecule has 2 aliphatic rings. The van der Waals surface area contributed by atoms with Crippen LogP contribution in [0.25, 0.3) is 0 Å². The Hall–Kier alpha value is -1.51. The molecule has 2 atom stereocenters. The van der Waals surface area contributed by atoms with Gasteiger partial charge in [-0.3, -0.25) is 4.79 Å². The van der Waals surface area contributed by atoms with Crippen molar-refractivity contribution < 1.29 is 4.79 Å². The zero-order valence-corrected chi connectivity index (χ0v) is 9.86. The van der Waals surface area contributed by atoms with Crippen LogP contribution in [0.4, 0.5) is 5.69 Å². The summed E-state index contributed by atoms with van der Waals surface area (Å²) < 4.78 is 0. The van der Waals surface area contributed by atoms with Crippen LogP contribution >= 0.6 is 0 Å². The first kappa shape index (κ1) is 10.6. The van der Waals surface area contributed by atoms with Crippen molar-refractivity contribution >= 4 is 11.6 Å². The molecule has 3 nitrogen and oxygen atoms in total. The van der Waals surface area contributed by atoms with Gasteiger partial charge in [0.05, 0.1) is 0 Å². The lowest BCUT2D eigenvalue weighted by Gasteiger charge is -2.12. The Morgan fingerprint density at radius 1 is 1.18 bits per heavy atom. The van der Waals surface area contributed by atoms with Crippen molar-refractivity contribution in [3.63, 3.8) is 0 Å². The summed E-state index contributed by atoms with van der Waals surface area (Å²) >= 11 is 0. The molecule has 0 heterocycles. The standard InChI is InChI=1S/C14H18N2O/c15-13-3-1-9(2-4-13)8-16-14(17)12-6-10-5-11(10)7-12/h1-4,10-12H,5-8,15H2,(H,16,17). The topological polar surface area (TPSA) is 55.1 Å². The number of amides is 1. The molecule has 0 radical (unpaired) electrons. The fourth-order valence-corrected chi connectivity index (χ4v) is 2.90. The summed E-state index contributed by atoms with van der Waals surface area (Å²) in [5.74, 6) is 2.23. The minimum absolute atomic E-state index is 0.231. The van der Waals surface area contributed by atoms with E-state index < -0.39 is 0 Å². The number of hydrogen-bond acceptors (Lipinski definition) is 2. The quantitative estimate of drug-likeness (QED) is 0.780. The van der Waals surface area contributed by atoms with Gasteiger partial charge in [-0.05, 0) is 48.8 Å². The van der Waals surface area contributed by atoms with Gasteiger partial charge in [-0.15, -0.1) is 0 Å². The van der Waals surface area contributed by atoms with Crippen LogP contribution in [0.3, 0.4) is 0 Å². The Bertz CT molecular complexity index is 416. The van der Waals surface area contributed by atoms with E-state index in [9.17, 15) is 4.79 Å². The van der Waals surface area contributed by atoms with E-state index in [0.717, 1.165) is 35.9 Å². The first-order chi connectivity index (χ1) is 8.22. The smallest absolute Gasteiger partial charge is 0.223 e. The fraction of sp³-hybridized carbons (Fsp3) is 0.500. The maximum absolute atomic E-state index is 11.9. The number of rotatable bonds is 3. The second-order valence-corrected chi connectivity index (χ2v) is 5.38. The zero-order valence-electron chi connectivity index (χ0n) is 9.86. The number of fused-ring (bicyclic) bond motifs is 1. The van der Waals surface area contributed by atoms with Crippen LogP contribution in [0.2, 0.25) is 0 Å². The van der Waals surface area contributed by atoms with Gasteiger partial charge >= 0.3 is 0 Å². The average molecular weight is 230 g/mol. The lowest BCUT2D eigenvalue weighted by atomic mass is 10.0. The van der Waals surface area contributed by atoms with Crippen LogP contribution in [0, 0.1) is 17.8 Å². The normalized spacial score (nSPS) is 29.8. The Kier molecular flexibility index (Phi) is 2.54. The number of carbonyl (C=O) groups is 1. The fourth-order valence-electron chi connectivity index (χ4n) is 2.90. The number of anilines is 1. The van der Waals surface area contributed by atoms with Gasteiger partial charge in [0.15, 0.2) is 0 Å². The molecular formula is C14H18N2O. The number of carbonyl (C=O) groups excluding carboxylic acids is 1. The summed E-state index contributed by atoms with van der Waals surface area (Å²) in [6.07, 6.45) is 3.58. The van der Waals surface area contributed by atoms with Crippen molar-refractivity contribution in [2.75, 3.05) is 5.73 Å². The van der Waals surface area contributed by atoms with E-state index in [1.165, 1.54) is 6.42 Å². The zero-order chi connectivity index (χ0) is 11.8. The van der Waals surface area contributed by atoms with Crippen molar-refractivity contribution in [2.45, 2.75) is 25.8 Å². The molecule has 90 valence electrons. The molecule has 0 saturated heterocycles. The van der Waals surface area contributed by atoms with Crippen molar-refractivity contribution in [1.29, 1.82) is 0 Å². The molecule has 1 aromatic carbocycles. The largest absolute Gasteiger partial charge is 0.399 e. The van der Waals surface area contributed by atoms with Gasteiger partial charge in [-0.2, -0.15) is 0 Å². The number of nitrogen functional groups attached to an aromatic ring is 1. The molecule has 2 fully saturated rings. The van der Waals surface area contributed by atoms with Gasteiger partial charge in [-0.1, -0.05) is 12.1 Å². The maximum Gasteiger partial charge on any atom is 0.223 e. The Balaban J connectivity index is 1.50. The van der Waals surface area contributed by atoms with E-state index in [0.29, 0.717) is 6.54 Å². The summed E-state index contributed by atoms with van der Waals surface area (Å²) in [5.41, 5.74) is 7.48. The Morgan fingerprint density at radius 2 is 1.82 bits per heavy atom. The molecule has 0 aliphatic heterocycles. The third kappa shape index (κ3) is 2.28. The van der Waals surface area contributed by atoms with E-state index in [1.54, 1.807) is 0 Å². The molecule has 3 heteroatoms. The third-order valence-corrected chi connectivity index (χ3v) is 4.06. The molecular weight excluding hydrogens is 212 g/mol. The van der Waals surface area contributed by atoms with Gasteiger partial charge in [0.1, 0.15) is 0 Å². The molecule has 3 rings (SSSR count). The molecule has 2 saturated carbocycles. The van der Waals surface area contributed by atoms with Gasteiger partial charge in [0.2, 0.25) is 5.91 Å². The minimum atomic E-state index is 0.231. The highest BCUT2D eigenvalue weighted by Crippen LogP contribution is 2.54. The second-order valence-electron chi connectivity index (χ2n) is 5.38. The highest BCUT2D eigenvalue weighted by Gasteiger charge is 2.47. The first-order valence-electron chi connectivity index (χ1n) is 6.34. The van der Waals surface area contributed by atoms with Crippen LogP contribution in [-0.2, 0) is 11.3 Å². The van der Waals surface area contributed by atoms with Crippen molar-refractivity contribution in [3.8, 4) is 0 Å². The SMILES string of the molecule is Nc1ccc(CNC(=O)C2CC3CC3C2)cc1. The second kappa shape index (κ2) is 4.06. The number of nitrogens with two attached hydrogens (primary N) is 1. The first-order valence-corrected chi connectivity index (χ1v) is 6.34. The van der Waals surface area contributed by atoms with Crippen molar-refractivity contribution in [3.05, 3.63) is 29.8 Å². The maximum atomic E-state index is 11.9. The van der Waals surface area contributed by atoms with Gasteiger partial charge in [-0.25, -0.2) is 0 Å². The minimum Gasteiger partial charge on any atom is -0.399 e. The van der Waals surface area contributed by atoms with Crippen LogP contribution in [0.15, 0.2) is 24.3 Å². The van der Waals surface area contributed by atoms with Crippen molar-refractivity contribution in [1.82, 2.24) is 5.32 Å². The number of benzene rings is 1. The van der Waals surface area contributed by atoms with Crippen LogP contribution in [-0.4, -0.2) is 5.91 Å². The molecule has 1 amide bonds. The van der Waals surface area contributed by atoms with E-state index in [-0.39, 0.29) is 11.8 Å². The molecule has 0 aromatic heterocycles. The molecule has 2 aliphatic carbocycles. The van der Waals surface area contributed by atoms with Gasteiger partial charge < -0.3 is 11.1 Å². The third-order valence-electron chi connectivity index (χ3n) is 4.06. The Labute approximate surface area is 101 Å². The molecule has 17 heavy (non-hydrogen) atoms. The summed E-state index contributed by atoms with van der Waals surface area (Å²) in [5, 5.41) is 3.02. The molecule has 3 N–H and O–H groups in total. The van der Waals surface area contributed by atoms with Crippen LogP contribution in [0.1, 0.15) is 24.8 Å². The summed E-state index contributed by atoms with van der Waals surface area (Å²) in [6.45, 7) is 0.616. The van der Waals surface area contributed by atoms with Crippen molar-refractivity contribution in [2.24, 2.45) is 17.8 Å². The molecule has 2 unspecified atom stereocenters. The van der Waals surface area contributed by atoms with Crippen LogP contribution in [0.5, 0.6) is 0 Å². The highest BCUT2D eigenvalue weighted by atomic mass is 16.1. The average Bonchev–Trinajstić information content (AvgIpc) is 2.95. The molecule has 0 bridgehead atoms. The van der Waals surface area contributed by atoms with E-state index >= 15 is 0 Å². The van der Waals surface area contributed by atoms with E-state index in [2.05, 4.69) is 5.32 Å². The summed E-state index contributed by atoms with van der Waals surface area (Å²) in [4.78, 5) is 11.9. The number of nitrogens with one attached hydrogen (secondary N) is 1.